The SMILES string of the molecule is CCCCOC(=O)C(C)=CC(C)C(=O)OC.N. The highest BCUT2D eigenvalue weighted by atomic mass is 16.5. The summed E-state index contributed by atoms with van der Waals surface area (Å²) in [6.45, 7) is 5.76. The fraction of sp³-hybridized carbons (Fsp3) is 0.667. The van der Waals surface area contributed by atoms with E-state index in [-0.39, 0.29) is 18.1 Å². The van der Waals surface area contributed by atoms with E-state index in [1.165, 1.54) is 7.11 Å². The van der Waals surface area contributed by atoms with Crippen molar-refractivity contribution < 1.29 is 19.1 Å². The number of hydrogen-bond acceptors (Lipinski definition) is 5. The van der Waals surface area contributed by atoms with Gasteiger partial charge in [-0.3, -0.25) is 4.79 Å². The third-order valence-corrected chi connectivity index (χ3v) is 2.13. The van der Waals surface area contributed by atoms with Crippen LogP contribution in [0.1, 0.15) is 33.6 Å². The molecule has 5 nitrogen and oxygen atoms in total. The molecule has 17 heavy (non-hydrogen) atoms. The van der Waals surface area contributed by atoms with Crippen molar-refractivity contribution in [2.24, 2.45) is 5.92 Å². The van der Waals surface area contributed by atoms with Gasteiger partial charge in [-0.25, -0.2) is 4.79 Å². The lowest BCUT2D eigenvalue weighted by atomic mass is 10.1. The van der Waals surface area contributed by atoms with Crippen LogP contribution < -0.4 is 6.15 Å². The van der Waals surface area contributed by atoms with Crippen LogP contribution >= 0.6 is 0 Å². The maximum absolute atomic E-state index is 11.4. The molecular formula is C12H23NO4. The average Bonchev–Trinajstić information content (AvgIpc) is 2.27. The van der Waals surface area contributed by atoms with Gasteiger partial charge < -0.3 is 15.6 Å². The number of methoxy groups -OCH3 is 1. The molecule has 0 aromatic carbocycles. The van der Waals surface area contributed by atoms with Gasteiger partial charge in [0.1, 0.15) is 0 Å². The molecule has 100 valence electrons. The number of rotatable bonds is 6. The van der Waals surface area contributed by atoms with Gasteiger partial charge in [0, 0.05) is 5.57 Å². The minimum absolute atomic E-state index is 0. The number of unbranched alkanes of at least 4 members (excludes halogenated alkanes) is 1. The summed E-state index contributed by atoms with van der Waals surface area (Å²) in [5, 5.41) is 0. The highest BCUT2D eigenvalue weighted by Crippen LogP contribution is 2.06. The zero-order chi connectivity index (χ0) is 12.6. The molecule has 0 radical (unpaired) electrons. The topological polar surface area (TPSA) is 87.6 Å². The van der Waals surface area contributed by atoms with Crippen molar-refractivity contribution in [3.63, 3.8) is 0 Å². The van der Waals surface area contributed by atoms with E-state index in [2.05, 4.69) is 4.74 Å². The summed E-state index contributed by atoms with van der Waals surface area (Å²) in [4.78, 5) is 22.5. The molecule has 0 aliphatic heterocycles. The van der Waals surface area contributed by atoms with Gasteiger partial charge in [-0.2, -0.15) is 0 Å². The predicted octanol–water partition coefficient (Wildman–Crippen LogP) is 2.25. The minimum atomic E-state index is -0.427. The van der Waals surface area contributed by atoms with E-state index < -0.39 is 5.92 Å². The molecule has 0 rings (SSSR count). The maximum atomic E-state index is 11.4. The minimum Gasteiger partial charge on any atom is -0.469 e. The molecule has 0 fully saturated rings. The smallest absolute Gasteiger partial charge is 0.333 e. The van der Waals surface area contributed by atoms with Crippen molar-refractivity contribution in [2.45, 2.75) is 33.6 Å². The van der Waals surface area contributed by atoms with E-state index >= 15 is 0 Å². The first kappa shape index (κ1) is 18.0. The third kappa shape index (κ3) is 7.52. The van der Waals surface area contributed by atoms with Crippen LogP contribution in [-0.4, -0.2) is 25.7 Å². The maximum Gasteiger partial charge on any atom is 0.333 e. The summed E-state index contributed by atoms with van der Waals surface area (Å²) >= 11 is 0. The Bertz CT molecular complexity index is 274. The summed E-state index contributed by atoms with van der Waals surface area (Å²) in [6, 6.07) is 0. The normalized spacial score (nSPS) is 12.4. The number of ether oxygens (including phenoxy) is 2. The Kier molecular flexibility index (Phi) is 10.4. The first-order valence-electron chi connectivity index (χ1n) is 5.46. The van der Waals surface area contributed by atoms with Crippen molar-refractivity contribution in [3.8, 4) is 0 Å². The quantitative estimate of drug-likeness (QED) is 0.440. The highest BCUT2D eigenvalue weighted by Gasteiger charge is 2.13. The van der Waals surface area contributed by atoms with Crippen LogP contribution in [0.3, 0.4) is 0 Å². The molecule has 0 aromatic heterocycles. The van der Waals surface area contributed by atoms with Crippen molar-refractivity contribution in [2.75, 3.05) is 13.7 Å². The van der Waals surface area contributed by atoms with Crippen LogP contribution in [-0.2, 0) is 19.1 Å². The van der Waals surface area contributed by atoms with E-state index in [0.29, 0.717) is 12.2 Å². The molecule has 5 heteroatoms. The summed E-state index contributed by atoms with van der Waals surface area (Å²) < 4.78 is 9.55. The van der Waals surface area contributed by atoms with Crippen molar-refractivity contribution in [1.29, 1.82) is 0 Å². The molecule has 3 N–H and O–H groups in total. The Balaban J connectivity index is 0. The number of hydrogen-bond donors (Lipinski definition) is 1. The standard InChI is InChI=1S/C12H20O4.H3N/c1-5-6-7-16-12(14)10(3)8-9(2)11(13)15-4;/h8-9H,5-7H2,1-4H3;1H3. The van der Waals surface area contributed by atoms with Gasteiger partial charge in [0.25, 0.3) is 0 Å². The number of esters is 2. The first-order valence-corrected chi connectivity index (χ1v) is 5.46. The van der Waals surface area contributed by atoms with Crippen LogP contribution in [0.2, 0.25) is 0 Å². The van der Waals surface area contributed by atoms with Crippen molar-refractivity contribution >= 4 is 11.9 Å². The molecular weight excluding hydrogens is 222 g/mol. The lowest BCUT2D eigenvalue weighted by Gasteiger charge is -2.07. The van der Waals surface area contributed by atoms with Crippen molar-refractivity contribution in [3.05, 3.63) is 11.6 Å². The Hall–Kier alpha value is -1.36. The largest absolute Gasteiger partial charge is 0.469 e. The zero-order valence-corrected chi connectivity index (χ0v) is 11.1. The van der Waals surface area contributed by atoms with Crippen LogP contribution in [0.25, 0.3) is 0 Å². The molecule has 0 aliphatic carbocycles. The van der Waals surface area contributed by atoms with E-state index in [9.17, 15) is 9.59 Å². The van der Waals surface area contributed by atoms with Crippen molar-refractivity contribution in [1.82, 2.24) is 6.15 Å². The Morgan fingerprint density at radius 1 is 1.35 bits per heavy atom. The third-order valence-electron chi connectivity index (χ3n) is 2.13. The van der Waals surface area contributed by atoms with Crippen LogP contribution in [0, 0.1) is 5.92 Å². The van der Waals surface area contributed by atoms with Gasteiger partial charge in [0.05, 0.1) is 19.6 Å². The summed E-state index contributed by atoms with van der Waals surface area (Å²) in [6.07, 6.45) is 3.39. The summed E-state index contributed by atoms with van der Waals surface area (Å²) in [7, 11) is 1.32. The number of carbonyl (C=O) groups is 2. The lowest BCUT2D eigenvalue weighted by molar-refractivity contribution is -0.143. The lowest BCUT2D eigenvalue weighted by Crippen LogP contribution is -2.13. The van der Waals surface area contributed by atoms with E-state index in [1.54, 1.807) is 19.9 Å². The second-order valence-corrected chi connectivity index (χ2v) is 3.65. The average molecular weight is 245 g/mol. The Labute approximate surface area is 103 Å². The summed E-state index contributed by atoms with van der Waals surface area (Å²) in [5.41, 5.74) is 0.439. The van der Waals surface area contributed by atoms with Gasteiger partial charge >= 0.3 is 11.9 Å². The second kappa shape index (κ2) is 9.84. The van der Waals surface area contributed by atoms with Crippen LogP contribution in [0.5, 0.6) is 0 Å². The molecule has 1 unspecified atom stereocenters. The molecule has 0 aromatic rings. The Morgan fingerprint density at radius 3 is 2.41 bits per heavy atom. The van der Waals surface area contributed by atoms with Gasteiger partial charge in [0.15, 0.2) is 0 Å². The van der Waals surface area contributed by atoms with Crippen LogP contribution in [0.15, 0.2) is 11.6 Å². The molecule has 0 amide bonds. The van der Waals surface area contributed by atoms with E-state index in [1.807, 2.05) is 6.92 Å². The first-order chi connectivity index (χ1) is 7.52. The monoisotopic (exact) mass is 245 g/mol. The zero-order valence-electron chi connectivity index (χ0n) is 11.1. The second-order valence-electron chi connectivity index (χ2n) is 3.65. The molecule has 0 saturated carbocycles. The van der Waals surface area contributed by atoms with Crippen LogP contribution in [0.4, 0.5) is 0 Å². The Morgan fingerprint density at radius 2 is 1.94 bits per heavy atom. The summed E-state index contributed by atoms with van der Waals surface area (Å²) in [5.74, 6) is -1.16. The fourth-order valence-corrected chi connectivity index (χ4v) is 1.12. The molecule has 1 atom stereocenters. The van der Waals surface area contributed by atoms with E-state index in [0.717, 1.165) is 12.8 Å². The molecule has 0 heterocycles. The highest BCUT2D eigenvalue weighted by molar-refractivity contribution is 5.89. The predicted molar refractivity (Wildman–Crippen MR) is 65.8 cm³/mol. The van der Waals surface area contributed by atoms with Gasteiger partial charge in [-0.1, -0.05) is 19.4 Å². The van der Waals surface area contributed by atoms with Gasteiger partial charge in [-0.15, -0.1) is 0 Å². The van der Waals surface area contributed by atoms with Gasteiger partial charge in [-0.05, 0) is 20.3 Å². The molecule has 0 aliphatic rings. The molecule has 0 bridgehead atoms. The number of carbonyl (C=O) groups excluding carboxylic acids is 2. The van der Waals surface area contributed by atoms with E-state index in [4.69, 9.17) is 4.74 Å². The molecule has 0 saturated heterocycles. The fourth-order valence-electron chi connectivity index (χ4n) is 1.12. The van der Waals surface area contributed by atoms with Gasteiger partial charge in [0.2, 0.25) is 0 Å². The molecule has 0 spiro atoms.